The van der Waals surface area contributed by atoms with Gasteiger partial charge in [-0.2, -0.15) is 10.2 Å². The standard InChI is InChI=1S/C23H18Cl2N6O3/c1-15-12-20(31(33)34)10-11-21(15)22(32)28-23(29-26-13-16-2-6-18(24)7-3-16)30-27-14-17-4-8-19(25)9-5-17/h2-14H,1H3,(H2,28,29,30,32). The molecular weight excluding hydrogens is 479 g/mol. The molecular formula is C23H18Cl2N6O3. The number of rotatable bonds is 6. The van der Waals surface area contributed by atoms with Crippen molar-refractivity contribution in [2.75, 3.05) is 0 Å². The number of carbonyl (C=O) groups is 1. The fraction of sp³-hybridized carbons (Fsp3) is 0.0435. The van der Waals surface area contributed by atoms with Gasteiger partial charge >= 0.3 is 0 Å². The average Bonchev–Trinajstić information content (AvgIpc) is 2.81. The summed E-state index contributed by atoms with van der Waals surface area (Å²) < 4.78 is 0. The number of hydrazone groups is 1. The molecule has 0 aromatic heterocycles. The zero-order chi connectivity index (χ0) is 24.5. The van der Waals surface area contributed by atoms with E-state index >= 15 is 0 Å². The van der Waals surface area contributed by atoms with Gasteiger partial charge in [0.1, 0.15) is 0 Å². The summed E-state index contributed by atoms with van der Waals surface area (Å²) in [4.78, 5) is 23.2. The molecule has 3 aromatic rings. The first-order valence-electron chi connectivity index (χ1n) is 9.79. The molecule has 0 aliphatic carbocycles. The Bertz CT molecular complexity index is 1270. The van der Waals surface area contributed by atoms with Crippen LogP contribution in [0.4, 0.5) is 5.69 Å². The van der Waals surface area contributed by atoms with Crippen molar-refractivity contribution < 1.29 is 9.72 Å². The van der Waals surface area contributed by atoms with Crippen molar-refractivity contribution in [2.45, 2.75) is 6.92 Å². The number of hydrogen-bond acceptors (Lipinski definition) is 6. The summed E-state index contributed by atoms with van der Waals surface area (Å²) in [5.41, 5.74) is 4.71. The third-order valence-electron chi connectivity index (χ3n) is 4.39. The van der Waals surface area contributed by atoms with E-state index in [0.29, 0.717) is 15.6 Å². The molecule has 34 heavy (non-hydrogen) atoms. The van der Waals surface area contributed by atoms with E-state index in [1.54, 1.807) is 55.5 Å². The SMILES string of the molecule is Cc1cc([N+](=O)[O-])ccc1C(=O)NC(=NN=Cc1ccc(Cl)cc1)NN=Cc1ccc(Cl)cc1. The van der Waals surface area contributed by atoms with Crippen molar-refractivity contribution in [3.63, 3.8) is 0 Å². The van der Waals surface area contributed by atoms with Gasteiger partial charge in [-0.15, -0.1) is 5.10 Å². The summed E-state index contributed by atoms with van der Waals surface area (Å²) in [7, 11) is 0. The molecule has 1 amide bonds. The summed E-state index contributed by atoms with van der Waals surface area (Å²) >= 11 is 11.8. The molecule has 3 aromatic carbocycles. The zero-order valence-corrected chi connectivity index (χ0v) is 19.3. The van der Waals surface area contributed by atoms with Crippen LogP contribution in [0.25, 0.3) is 0 Å². The van der Waals surface area contributed by atoms with E-state index in [0.717, 1.165) is 11.1 Å². The molecule has 9 nitrogen and oxygen atoms in total. The van der Waals surface area contributed by atoms with Crippen molar-refractivity contribution >= 4 is 53.2 Å². The van der Waals surface area contributed by atoms with Gasteiger partial charge in [0.05, 0.1) is 17.4 Å². The highest BCUT2D eigenvalue weighted by Crippen LogP contribution is 2.17. The molecule has 0 aliphatic heterocycles. The molecule has 3 rings (SSSR count). The Morgan fingerprint density at radius 3 is 2.09 bits per heavy atom. The second-order valence-electron chi connectivity index (χ2n) is 6.88. The van der Waals surface area contributed by atoms with Crippen LogP contribution in [0.5, 0.6) is 0 Å². The van der Waals surface area contributed by atoms with Gasteiger partial charge in [-0.3, -0.25) is 20.2 Å². The average molecular weight is 497 g/mol. The van der Waals surface area contributed by atoms with Crippen LogP contribution in [0.2, 0.25) is 10.0 Å². The molecule has 0 spiro atoms. The van der Waals surface area contributed by atoms with Gasteiger partial charge in [-0.05, 0) is 53.9 Å². The predicted molar refractivity (Wildman–Crippen MR) is 134 cm³/mol. The number of nitrogens with zero attached hydrogens (tertiary/aromatic N) is 4. The van der Waals surface area contributed by atoms with E-state index in [4.69, 9.17) is 23.2 Å². The number of nitro benzene ring substituents is 1. The molecule has 0 radical (unpaired) electrons. The number of hydrogen-bond donors (Lipinski definition) is 2. The van der Waals surface area contributed by atoms with E-state index in [9.17, 15) is 14.9 Å². The molecule has 11 heteroatoms. The minimum atomic E-state index is -0.540. The lowest BCUT2D eigenvalue weighted by atomic mass is 10.1. The summed E-state index contributed by atoms with van der Waals surface area (Å²) in [6.07, 6.45) is 2.99. The van der Waals surface area contributed by atoms with Crippen molar-refractivity contribution in [3.8, 4) is 0 Å². The number of halogens is 2. The third kappa shape index (κ3) is 7.22. The van der Waals surface area contributed by atoms with Gasteiger partial charge in [0.2, 0.25) is 5.96 Å². The summed E-state index contributed by atoms with van der Waals surface area (Å²) in [6, 6.07) is 17.8. The largest absolute Gasteiger partial charge is 0.289 e. The maximum Gasteiger partial charge on any atom is 0.269 e. The number of nitrogens with one attached hydrogen (secondary N) is 2. The van der Waals surface area contributed by atoms with Gasteiger partial charge in [-0.25, -0.2) is 5.43 Å². The highest BCUT2D eigenvalue weighted by atomic mass is 35.5. The maximum atomic E-state index is 12.8. The van der Waals surface area contributed by atoms with E-state index in [-0.39, 0.29) is 17.2 Å². The van der Waals surface area contributed by atoms with Gasteiger partial charge in [0, 0.05) is 27.7 Å². The fourth-order valence-corrected chi connectivity index (χ4v) is 2.94. The van der Waals surface area contributed by atoms with Crippen LogP contribution in [0.3, 0.4) is 0 Å². The summed E-state index contributed by atoms with van der Waals surface area (Å²) in [6.45, 7) is 1.60. The summed E-state index contributed by atoms with van der Waals surface area (Å²) in [5, 5.41) is 26.7. The number of guanidine groups is 1. The number of benzene rings is 3. The lowest BCUT2D eigenvalue weighted by Crippen LogP contribution is -2.38. The predicted octanol–water partition coefficient (Wildman–Crippen LogP) is 4.95. The molecule has 0 atom stereocenters. The molecule has 0 aliphatic rings. The lowest BCUT2D eigenvalue weighted by Gasteiger charge is -2.08. The molecule has 2 N–H and O–H groups in total. The van der Waals surface area contributed by atoms with Gasteiger partial charge in [-0.1, -0.05) is 47.5 Å². The first-order valence-corrected chi connectivity index (χ1v) is 10.5. The Kier molecular flexibility index (Phi) is 8.44. The fourth-order valence-electron chi connectivity index (χ4n) is 2.69. The molecule has 0 bridgehead atoms. The van der Waals surface area contributed by atoms with E-state index in [1.807, 2.05) is 0 Å². The number of non-ortho nitro benzene ring substituents is 1. The topological polar surface area (TPSA) is 121 Å². The third-order valence-corrected chi connectivity index (χ3v) is 4.89. The van der Waals surface area contributed by atoms with E-state index in [1.165, 1.54) is 30.6 Å². The van der Waals surface area contributed by atoms with Crippen molar-refractivity contribution in [2.24, 2.45) is 15.3 Å². The van der Waals surface area contributed by atoms with Crippen molar-refractivity contribution in [1.29, 1.82) is 0 Å². The van der Waals surface area contributed by atoms with Gasteiger partial charge in [0.25, 0.3) is 11.6 Å². The molecule has 0 saturated carbocycles. The number of nitro groups is 1. The monoisotopic (exact) mass is 496 g/mol. The number of aryl methyl sites for hydroxylation is 1. The molecule has 0 fully saturated rings. The number of amides is 1. The summed E-state index contributed by atoms with van der Waals surface area (Å²) in [5.74, 6) is -0.597. The zero-order valence-electron chi connectivity index (χ0n) is 17.8. The quantitative estimate of drug-likeness (QED) is 0.217. The second kappa shape index (κ2) is 11.7. The Morgan fingerprint density at radius 2 is 1.53 bits per heavy atom. The Balaban J connectivity index is 1.79. The minimum absolute atomic E-state index is 0.0572. The second-order valence-corrected chi connectivity index (χ2v) is 7.75. The van der Waals surface area contributed by atoms with E-state index in [2.05, 4.69) is 26.0 Å². The molecule has 0 heterocycles. The van der Waals surface area contributed by atoms with Gasteiger partial charge in [0.15, 0.2) is 0 Å². The number of carbonyl (C=O) groups excluding carboxylic acids is 1. The van der Waals surface area contributed by atoms with Crippen molar-refractivity contribution in [1.82, 2.24) is 10.7 Å². The Morgan fingerprint density at radius 1 is 0.941 bits per heavy atom. The van der Waals surface area contributed by atoms with Crippen LogP contribution in [0.15, 0.2) is 82.0 Å². The van der Waals surface area contributed by atoms with Gasteiger partial charge < -0.3 is 0 Å². The first kappa shape index (κ1) is 24.6. The van der Waals surface area contributed by atoms with Crippen LogP contribution in [0, 0.1) is 17.0 Å². The first-order chi connectivity index (χ1) is 16.3. The van der Waals surface area contributed by atoms with E-state index < -0.39 is 10.8 Å². The Labute approximate surface area is 205 Å². The minimum Gasteiger partial charge on any atom is -0.289 e. The highest BCUT2D eigenvalue weighted by molar-refractivity contribution is 6.30. The lowest BCUT2D eigenvalue weighted by molar-refractivity contribution is -0.384. The molecule has 172 valence electrons. The van der Waals surface area contributed by atoms with Crippen LogP contribution in [0.1, 0.15) is 27.0 Å². The van der Waals surface area contributed by atoms with Crippen LogP contribution in [-0.2, 0) is 0 Å². The Hall–Kier alpha value is -4.08. The van der Waals surface area contributed by atoms with Crippen LogP contribution >= 0.6 is 23.2 Å². The molecule has 0 saturated heterocycles. The van der Waals surface area contributed by atoms with Crippen molar-refractivity contribution in [3.05, 3.63) is 109 Å². The smallest absolute Gasteiger partial charge is 0.269 e. The highest BCUT2D eigenvalue weighted by Gasteiger charge is 2.15. The molecule has 0 unspecified atom stereocenters. The normalized spacial score (nSPS) is 11.7. The van der Waals surface area contributed by atoms with Crippen LogP contribution < -0.4 is 10.7 Å². The van der Waals surface area contributed by atoms with Crippen LogP contribution in [-0.4, -0.2) is 29.2 Å². The maximum absolute atomic E-state index is 12.8.